The molecule has 0 aromatic rings. The lowest BCUT2D eigenvalue weighted by molar-refractivity contribution is -0.304. The lowest BCUT2D eigenvalue weighted by Crippen LogP contribution is -2.57. The van der Waals surface area contributed by atoms with Gasteiger partial charge in [0.25, 0.3) is 0 Å². The summed E-state index contributed by atoms with van der Waals surface area (Å²) >= 11 is 0. The average molecular weight is 579 g/mol. The summed E-state index contributed by atoms with van der Waals surface area (Å²) in [5.41, 5.74) is -0.855. The smallest absolute Gasteiger partial charge is 0.308 e. The maximum atomic E-state index is 13.9. The van der Waals surface area contributed by atoms with Gasteiger partial charge in [-0.05, 0) is 51.9 Å². The van der Waals surface area contributed by atoms with Gasteiger partial charge in [-0.3, -0.25) is 14.4 Å². The summed E-state index contributed by atoms with van der Waals surface area (Å²) < 4.78 is 11.7. The first kappa shape index (κ1) is 33.8. The van der Waals surface area contributed by atoms with E-state index in [1.54, 1.807) is 13.8 Å². The number of aliphatic carboxylic acids is 1. The molecule has 8 heteroatoms. The SMILES string of the molecule is CCCCCCCCCC1(C(=O)NC2CCCC2C(CNC(=O)C2OC(C)(C)OCC2(C)C)C(=O)O)CCCCC1. The number of carboxylic acid groups (broad SMARTS) is 1. The summed E-state index contributed by atoms with van der Waals surface area (Å²) in [6.07, 6.45) is 16.4. The number of amides is 2. The molecular weight excluding hydrogens is 520 g/mol. The molecule has 3 rings (SSSR count). The van der Waals surface area contributed by atoms with E-state index in [1.807, 2.05) is 13.8 Å². The number of carboxylic acids is 1. The van der Waals surface area contributed by atoms with E-state index in [2.05, 4.69) is 17.6 Å². The van der Waals surface area contributed by atoms with Crippen LogP contribution in [0.5, 0.6) is 0 Å². The molecule has 1 aliphatic heterocycles. The van der Waals surface area contributed by atoms with Gasteiger partial charge in [0, 0.05) is 23.4 Å². The minimum Gasteiger partial charge on any atom is -0.481 e. The van der Waals surface area contributed by atoms with Crippen molar-refractivity contribution in [3.8, 4) is 0 Å². The van der Waals surface area contributed by atoms with Gasteiger partial charge in [0.05, 0.1) is 12.5 Å². The Balaban J connectivity index is 1.60. The third kappa shape index (κ3) is 9.41. The van der Waals surface area contributed by atoms with Gasteiger partial charge in [0.1, 0.15) is 6.10 Å². The first-order valence-corrected chi connectivity index (χ1v) is 16.5. The molecule has 3 fully saturated rings. The molecule has 0 aromatic heterocycles. The summed E-state index contributed by atoms with van der Waals surface area (Å²) in [7, 11) is 0. The maximum Gasteiger partial charge on any atom is 0.308 e. The Kier molecular flexibility index (Phi) is 12.5. The second kappa shape index (κ2) is 15.2. The average Bonchev–Trinajstić information content (AvgIpc) is 3.37. The van der Waals surface area contributed by atoms with E-state index in [0.29, 0.717) is 6.61 Å². The number of ether oxygens (including phenoxy) is 2. The van der Waals surface area contributed by atoms with Gasteiger partial charge in [-0.2, -0.15) is 0 Å². The van der Waals surface area contributed by atoms with Crippen LogP contribution in [-0.4, -0.2) is 54.0 Å². The van der Waals surface area contributed by atoms with Crippen molar-refractivity contribution >= 4 is 17.8 Å². The molecule has 41 heavy (non-hydrogen) atoms. The first-order valence-electron chi connectivity index (χ1n) is 16.5. The highest BCUT2D eigenvalue weighted by molar-refractivity contribution is 5.84. The third-order valence-electron chi connectivity index (χ3n) is 9.91. The zero-order valence-electron chi connectivity index (χ0n) is 26.5. The van der Waals surface area contributed by atoms with E-state index >= 15 is 0 Å². The van der Waals surface area contributed by atoms with E-state index in [0.717, 1.165) is 57.8 Å². The molecule has 4 atom stereocenters. The molecule has 0 spiro atoms. The van der Waals surface area contributed by atoms with Gasteiger partial charge in [0.15, 0.2) is 5.79 Å². The highest BCUT2D eigenvalue weighted by atomic mass is 16.7. The number of rotatable bonds is 15. The molecule has 0 aromatic carbocycles. The van der Waals surface area contributed by atoms with Crippen LogP contribution < -0.4 is 10.6 Å². The van der Waals surface area contributed by atoms with E-state index < -0.39 is 29.2 Å². The zero-order chi connectivity index (χ0) is 30.1. The van der Waals surface area contributed by atoms with Crippen molar-refractivity contribution in [2.75, 3.05) is 13.2 Å². The lowest BCUT2D eigenvalue weighted by atomic mass is 9.70. The molecule has 4 unspecified atom stereocenters. The van der Waals surface area contributed by atoms with E-state index in [1.165, 1.54) is 44.9 Å². The Morgan fingerprint density at radius 3 is 2.22 bits per heavy atom. The standard InChI is InChI=1S/C33H58N2O6/c1-6-7-8-9-10-11-13-19-33(20-14-12-15-21-33)30(39)35-26-18-16-17-24(26)25(29(37)38)22-34-28(36)27-31(2,3)23-40-32(4,5)41-27/h24-27H,6-23H2,1-5H3,(H,34,36)(H,35,39)(H,37,38). The van der Waals surface area contributed by atoms with Crippen molar-refractivity contribution in [3.05, 3.63) is 0 Å². The summed E-state index contributed by atoms with van der Waals surface area (Å²) in [5, 5.41) is 16.4. The molecule has 0 radical (unpaired) electrons. The molecule has 1 saturated heterocycles. The van der Waals surface area contributed by atoms with Gasteiger partial charge in [-0.25, -0.2) is 0 Å². The summed E-state index contributed by atoms with van der Waals surface area (Å²) in [6, 6.07) is -0.178. The van der Waals surface area contributed by atoms with E-state index in [4.69, 9.17) is 9.47 Å². The van der Waals surface area contributed by atoms with Crippen LogP contribution in [0.1, 0.15) is 137 Å². The predicted octanol–water partition coefficient (Wildman–Crippen LogP) is 6.36. The Bertz CT molecular complexity index is 866. The van der Waals surface area contributed by atoms with Crippen molar-refractivity contribution < 1.29 is 29.0 Å². The molecule has 2 amide bonds. The highest BCUT2D eigenvalue weighted by Gasteiger charge is 2.47. The molecule has 3 N–H and O–H groups in total. The summed E-state index contributed by atoms with van der Waals surface area (Å²) in [4.78, 5) is 39.5. The van der Waals surface area contributed by atoms with Gasteiger partial charge in [-0.15, -0.1) is 0 Å². The third-order valence-corrected chi connectivity index (χ3v) is 9.91. The minimum absolute atomic E-state index is 0.0194. The summed E-state index contributed by atoms with van der Waals surface area (Å²) in [6.45, 7) is 10.0. The molecule has 1 heterocycles. The second-order valence-electron chi connectivity index (χ2n) is 14.3. The second-order valence-corrected chi connectivity index (χ2v) is 14.3. The molecular formula is C33H58N2O6. The number of hydrogen-bond donors (Lipinski definition) is 3. The van der Waals surface area contributed by atoms with Crippen molar-refractivity contribution in [1.82, 2.24) is 10.6 Å². The first-order chi connectivity index (χ1) is 19.4. The summed E-state index contributed by atoms with van der Waals surface area (Å²) in [5.74, 6) is -2.97. The molecule has 0 bridgehead atoms. The van der Waals surface area contributed by atoms with Crippen LogP contribution in [0.2, 0.25) is 0 Å². The van der Waals surface area contributed by atoms with E-state index in [9.17, 15) is 19.5 Å². The van der Waals surface area contributed by atoms with Crippen molar-refractivity contribution in [2.45, 2.75) is 155 Å². The number of unbranched alkanes of at least 4 members (excludes halogenated alkanes) is 6. The zero-order valence-corrected chi connectivity index (χ0v) is 26.5. The van der Waals surface area contributed by atoms with Gasteiger partial charge in [0.2, 0.25) is 11.8 Å². The van der Waals surface area contributed by atoms with Crippen LogP contribution in [0.15, 0.2) is 0 Å². The van der Waals surface area contributed by atoms with Crippen LogP contribution in [0.4, 0.5) is 0 Å². The Labute approximate surface area is 248 Å². The molecule has 236 valence electrons. The fraction of sp³-hybridized carbons (Fsp3) is 0.909. The van der Waals surface area contributed by atoms with Crippen molar-refractivity contribution in [1.29, 1.82) is 0 Å². The fourth-order valence-electron chi connectivity index (χ4n) is 7.26. The number of carbonyl (C=O) groups is 3. The number of hydrogen-bond acceptors (Lipinski definition) is 5. The maximum absolute atomic E-state index is 13.9. The Morgan fingerprint density at radius 2 is 1.56 bits per heavy atom. The number of carbonyl (C=O) groups excluding carboxylic acids is 2. The Morgan fingerprint density at radius 1 is 0.902 bits per heavy atom. The Hall–Kier alpha value is -1.67. The monoisotopic (exact) mass is 578 g/mol. The topological polar surface area (TPSA) is 114 Å². The van der Waals surface area contributed by atoms with Crippen molar-refractivity contribution in [2.24, 2.45) is 22.7 Å². The van der Waals surface area contributed by atoms with Crippen LogP contribution >= 0.6 is 0 Å². The van der Waals surface area contributed by atoms with Crippen molar-refractivity contribution in [3.63, 3.8) is 0 Å². The molecule has 3 aliphatic rings. The van der Waals surface area contributed by atoms with Gasteiger partial charge < -0.3 is 25.2 Å². The molecule has 2 aliphatic carbocycles. The van der Waals surface area contributed by atoms with Crippen LogP contribution in [0, 0.1) is 22.7 Å². The van der Waals surface area contributed by atoms with Crippen LogP contribution in [0.3, 0.4) is 0 Å². The normalized spacial score (nSPS) is 27.6. The minimum atomic E-state index is -0.931. The highest BCUT2D eigenvalue weighted by Crippen LogP contribution is 2.42. The quantitative estimate of drug-likeness (QED) is 0.195. The predicted molar refractivity (Wildman–Crippen MR) is 160 cm³/mol. The largest absolute Gasteiger partial charge is 0.481 e. The van der Waals surface area contributed by atoms with Gasteiger partial charge >= 0.3 is 5.97 Å². The fourth-order valence-corrected chi connectivity index (χ4v) is 7.26. The lowest BCUT2D eigenvalue weighted by Gasteiger charge is -2.44. The molecule has 8 nitrogen and oxygen atoms in total. The molecule has 2 saturated carbocycles. The van der Waals surface area contributed by atoms with Gasteiger partial charge in [-0.1, -0.05) is 91.4 Å². The van der Waals surface area contributed by atoms with Crippen LogP contribution in [-0.2, 0) is 23.9 Å². The van der Waals surface area contributed by atoms with E-state index in [-0.39, 0.29) is 35.7 Å². The van der Waals surface area contributed by atoms with Crippen LogP contribution in [0.25, 0.3) is 0 Å². The number of nitrogens with one attached hydrogen (secondary N) is 2.